The average Bonchev–Trinajstić information content (AvgIpc) is 2.68. The van der Waals surface area contributed by atoms with Crippen LogP contribution in [0, 0.1) is 0 Å². The summed E-state index contributed by atoms with van der Waals surface area (Å²) in [4.78, 5) is 22.2. The summed E-state index contributed by atoms with van der Waals surface area (Å²) in [7, 11) is -8.10. The largest absolute Gasteiger partial charge is 0.428 e. The molecule has 3 aromatic carbocycles. The Bertz CT molecular complexity index is 866. The molecule has 6 heteroatoms. The zero-order valence-electron chi connectivity index (χ0n) is 16.9. The first-order valence-corrected chi connectivity index (χ1v) is 17.2. The standard InChI is InChI=1S/C22H28O3Si3.2CH4/c1-26(2,23)19-15-17-20(18-16-19)27(3,4)25-28(24,21-11-7-5-8-12-21)22-13-9-6-10-14-22;;/h5-18,23-24H,1-4H3;2*1H4. The second kappa shape index (κ2) is 10.00. The van der Waals surface area contributed by atoms with Gasteiger partial charge in [-0.1, -0.05) is 99.8 Å². The molecule has 0 amide bonds. The highest BCUT2D eigenvalue weighted by molar-refractivity contribution is 7.00. The van der Waals surface area contributed by atoms with E-state index in [0.717, 1.165) is 20.7 Å². The van der Waals surface area contributed by atoms with E-state index in [1.807, 2.05) is 85.9 Å². The van der Waals surface area contributed by atoms with Gasteiger partial charge >= 0.3 is 8.56 Å². The van der Waals surface area contributed by atoms with Gasteiger partial charge < -0.3 is 13.7 Å². The monoisotopic (exact) mass is 456 g/mol. The smallest absolute Gasteiger partial charge is 0.394 e. The molecule has 0 aliphatic carbocycles. The molecule has 0 bridgehead atoms. The fourth-order valence-electron chi connectivity index (χ4n) is 3.32. The van der Waals surface area contributed by atoms with E-state index in [1.165, 1.54) is 0 Å². The average molecular weight is 457 g/mol. The van der Waals surface area contributed by atoms with Crippen LogP contribution in [0.5, 0.6) is 0 Å². The van der Waals surface area contributed by atoms with Gasteiger partial charge in [0.2, 0.25) is 16.6 Å². The van der Waals surface area contributed by atoms with Crippen LogP contribution in [-0.2, 0) is 4.12 Å². The highest BCUT2D eigenvalue weighted by atomic mass is 28.4. The van der Waals surface area contributed by atoms with E-state index < -0.39 is 25.2 Å². The van der Waals surface area contributed by atoms with Crippen LogP contribution >= 0.6 is 0 Å². The maximum absolute atomic E-state index is 11.9. The summed E-state index contributed by atoms with van der Waals surface area (Å²) in [6.07, 6.45) is 0. The Morgan fingerprint density at radius 1 is 0.533 bits per heavy atom. The molecule has 0 aromatic heterocycles. The maximum Gasteiger partial charge on any atom is 0.394 e. The zero-order valence-corrected chi connectivity index (χ0v) is 19.9. The molecule has 0 saturated carbocycles. The summed E-state index contributed by atoms with van der Waals surface area (Å²) in [6.45, 7) is 8.07. The lowest BCUT2D eigenvalue weighted by atomic mass is 10.4. The van der Waals surface area contributed by atoms with E-state index >= 15 is 0 Å². The van der Waals surface area contributed by atoms with Gasteiger partial charge in [-0.15, -0.1) is 0 Å². The summed E-state index contributed by atoms with van der Waals surface area (Å²) in [5, 5.41) is 3.80. The lowest BCUT2D eigenvalue weighted by Crippen LogP contribution is -2.67. The Morgan fingerprint density at radius 2 is 0.900 bits per heavy atom. The van der Waals surface area contributed by atoms with E-state index in [2.05, 4.69) is 25.2 Å². The van der Waals surface area contributed by atoms with Crippen LogP contribution in [0.4, 0.5) is 0 Å². The topological polar surface area (TPSA) is 49.7 Å². The molecule has 0 fully saturated rings. The molecule has 0 spiro atoms. The Labute approximate surface area is 185 Å². The summed E-state index contributed by atoms with van der Waals surface area (Å²) < 4.78 is 6.69. The van der Waals surface area contributed by atoms with Crippen molar-refractivity contribution >= 4 is 45.9 Å². The number of hydrogen-bond acceptors (Lipinski definition) is 3. The Kier molecular flexibility index (Phi) is 8.74. The Morgan fingerprint density at radius 3 is 1.27 bits per heavy atom. The quantitative estimate of drug-likeness (QED) is 0.561. The maximum atomic E-state index is 11.9. The van der Waals surface area contributed by atoms with Crippen LogP contribution in [0.25, 0.3) is 0 Å². The van der Waals surface area contributed by atoms with Gasteiger partial charge in [0.15, 0.2) is 0 Å². The van der Waals surface area contributed by atoms with Gasteiger partial charge in [-0.05, 0) is 46.9 Å². The second-order valence-corrected chi connectivity index (χ2v) is 18.7. The molecule has 3 rings (SSSR count). The van der Waals surface area contributed by atoms with Crippen LogP contribution in [0.15, 0.2) is 84.9 Å². The van der Waals surface area contributed by atoms with Crippen molar-refractivity contribution in [3.63, 3.8) is 0 Å². The lowest BCUT2D eigenvalue weighted by molar-refractivity contribution is 0.410. The van der Waals surface area contributed by atoms with Crippen LogP contribution in [0.1, 0.15) is 14.9 Å². The van der Waals surface area contributed by atoms with Gasteiger partial charge in [-0.3, -0.25) is 0 Å². The molecular formula is C24H36O3Si3. The molecule has 2 N–H and O–H groups in total. The second-order valence-electron chi connectivity index (χ2n) is 8.12. The van der Waals surface area contributed by atoms with Crippen LogP contribution in [0.2, 0.25) is 26.2 Å². The highest BCUT2D eigenvalue weighted by Gasteiger charge is 2.44. The summed E-state index contributed by atoms with van der Waals surface area (Å²) >= 11 is 0. The third-order valence-corrected chi connectivity index (χ3v) is 13.9. The molecule has 0 heterocycles. The first kappa shape index (κ1) is 26.2. The van der Waals surface area contributed by atoms with Crippen molar-refractivity contribution in [2.75, 3.05) is 0 Å². The van der Waals surface area contributed by atoms with Gasteiger partial charge in [-0.25, -0.2) is 0 Å². The van der Waals surface area contributed by atoms with E-state index in [0.29, 0.717) is 0 Å². The summed E-state index contributed by atoms with van der Waals surface area (Å²) in [5.41, 5.74) is 0. The molecule has 0 saturated heterocycles. The normalized spacial score (nSPS) is 11.9. The van der Waals surface area contributed by atoms with E-state index in [9.17, 15) is 9.59 Å². The van der Waals surface area contributed by atoms with Gasteiger partial charge in [-0.2, -0.15) is 0 Å². The van der Waals surface area contributed by atoms with Crippen molar-refractivity contribution in [2.24, 2.45) is 0 Å². The van der Waals surface area contributed by atoms with Crippen molar-refractivity contribution < 1.29 is 13.7 Å². The molecule has 162 valence electrons. The molecular weight excluding hydrogens is 421 g/mol. The predicted molar refractivity (Wildman–Crippen MR) is 138 cm³/mol. The number of hydrogen-bond donors (Lipinski definition) is 2. The van der Waals surface area contributed by atoms with E-state index in [1.54, 1.807) is 0 Å². The van der Waals surface area contributed by atoms with Crippen molar-refractivity contribution in [3.05, 3.63) is 84.9 Å². The van der Waals surface area contributed by atoms with Crippen LogP contribution in [-0.4, -0.2) is 34.8 Å². The lowest BCUT2D eigenvalue weighted by Gasteiger charge is -2.35. The fourth-order valence-corrected chi connectivity index (χ4v) is 11.3. The minimum absolute atomic E-state index is 0. The summed E-state index contributed by atoms with van der Waals surface area (Å²) in [5.74, 6) is 0. The van der Waals surface area contributed by atoms with Crippen molar-refractivity contribution in [1.82, 2.24) is 0 Å². The SMILES string of the molecule is C.C.C[Si](C)(O)c1ccc([Si](C)(C)O[Si](O)(c2ccccc2)c2ccccc2)cc1. The fraction of sp³-hybridized carbons (Fsp3) is 0.250. The molecule has 3 nitrogen and oxygen atoms in total. The predicted octanol–water partition coefficient (Wildman–Crippen LogP) is 3.04. The molecule has 0 unspecified atom stereocenters. The molecule has 3 aromatic rings. The van der Waals surface area contributed by atoms with Crippen molar-refractivity contribution in [2.45, 2.75) is 41.0 Å². The van der Waals surface area contributed by atoms with Crippen molar-refractivity contribution in [1.29, 1.82) is 0 Å². The van der Waals surface area contributed by atoms with E-state index in [4.69, 9.17) is 4.12 Å². The third-order valence-electron chi connectivity index (χ3n) is 5.02. The highest BCUT2D eigenvalue weighted by Crippen LogP contribution is 2.14. The molecule has 0 aliphatic rings. The van der Waals surface area contributed by atoms with Gasteiger partial charge in [0, 0.05) is 0 Å². The molecule has 30 heavy (non-hydrogen) atoms. The molecule has 0 atom stereocenters. The van der Waals surface area contributed by atoms with Crippen LogP contribution < -0.4 is 20.7 Å². The van der Waals surface area contributed by atoms with Gasteiger partial charge in [0.05, 0.1) is 0 Å². The molecule has 0 radical (unpaired) electrons. The third kappa shape index (κ3) is 5.66. The van der Waals surface area contributed by atoms with Crippen molar-refractivity contribution in [3.8, 4) is 0 Å². The zero-order chi connectivity index (χ0) is 20.4. The Balaban J connectivity index is 0.00000225. The number of rotatable bonds is 6. The minimum Gasteiger partial charge on any atom is -0.428 e. The van der Waals surface area contributed by atoms with Gasteiger partial charge in [0.1, 0.15) is 0 Å². The van der Waals surface area contributed by atoms with Crippen LogP contribution in [0.3, 0.4) is 0 Å². The minimum atomic E-state index is -3.35. The first-order valence-electron chi connectivity index (χ1n) is 9.50. The summed E-state index contributed by atoms with van der Waals surface area (Å²) in [6, 6.07) is 27.6. The first-order chi connectivity index (χ1) is 13.1. The Hall–Kier alpha value is -1.81. The van der Waals surface area contributed by atoms with Gasteiger partial charge in [0.25, 0.3) is 0 Å². The molecule has 0 aliphatic heterocycles. The number of benzene rings is 3. The van der Waals surface area contributed by atoms with E-state index in [-0.39, 0.29) is 14.9 Å².